The summed E-state index contributed by atoms with van der Waals surface area (Å²) in [6.45, 7) is 0.298. The summed E-state index contributed by atoms with van der Waals surface area (Å²) >= 11 is 7.20. The van der Waals surface area contributed by atoms with E-state index in [4.69, 9.17) is 21.7 Å². The molecule has 0 radical (unpaired) electrons. The molecule has 3 heterocycles. The van der Waals surface area contributed by atoms with Crippen LogP contribution in [0.1, 0.15) is 0 Å². The second-order valence-corrected chi connectivity index (χ2v) is 6.95. The molecule has 0 aliphatic carbocycles. The van der Waals surface area contributed by atoms with Crippen LogP contribution >= 0.6 is 23.6 Å². The number of rotatable bonds is 1. The molecule has 1 aromatic carbocycles. The van der Waals surface area contributed by atoms with Crippen LogP contribution in [0, 0.1) is 4.64 Å². The molecular weight excluding hydrogens is 335 g/mol. The van der Waals surface area contributed by atoms with E-state index in [0.29, 0.717) is 6.79 Å². The Morgan fingerprint density at radius 3 is 3.17 bits per heavy atom. The van der Waals surface area contributed by atoms with Gasteiger partial charge in [0.2, 0.25) is 0 Å². The topological polar surface area (TPSA) is 36.3 Å². The number of hydrogen-bond acceptors (Lipinski definition) is 5. The summed E-state index contributed by atoms with van der Waals surface area (Å²) in [5.74, 6) is 1.67. The van der Waals surface area contributed by atoms with Gasteiger partial charge < -0.3 is 0 Å². The van der Waals surface area contributed by atoms with Gasteiger partial charge in [-0.05, 0) is 0 Å². The van der Waals surface area contributed by atoms with Gasteiger partial charge in [-0.25, -0.2) is 0 Å². The molecule has 0 saturated heterocycles. The molecule has 0 spiro atoms. The van der Waals surface area contributed by atoms with Crippen LogP contribution in [-0.2, 0) is 0 Å². The van der Waals surface area contributed by atoms with E-state index >= 15 is 0 Å². The van der Waals surface area contributed by atoms with Crippen LogP contribution in [0.2, 0.25) is 0 Å². The van der Waals surface area contributed by atoms with E-state index in [1.807, 2.05) is 17.5 Å². The molecule has 4 nitrogen and oxygen atoms in total. The monoisotopic (exact) mass is 342 g/mol. The number of nitrogens with zero attached hydrogens (tertiary/aromatic N) is 2. The molecule has 0 unspecified atom stereocenters. The zero-order valence-corrected chi connectivity index (χ0v) is 12.3. The van der Waals surface area contributed by atoms with Gasteiger partial charge in [0, 0.05) is 0 Å². The minimum atomic E-state index is 0.0727. The summed E-state index contributed by atoms with van der Waals surface area (Å²) in [4.78, 5) is 4.33. The van der Waals surface area contributed by atoms with Crippen molar-refractivity contribution in [2.75, 3.05) is 6.79 Å². The molecule has 0 bridgehead atoms. The van der Waals surface area contributed by atoms with E-state index in [2.05, 4.69) is 8.55 Å². The number of fused-ring (bicyclic) bond motifs is 3. The first kappa shape index (κ1) is 10.8. The average Bonchev–Trinajstić information content (AvgIpc) is 3.06. The number of hydrogen-bond donors (Lipinski definition) is 0. The molecule has 0 N–H and O–H groups in total. The maximum absolute atomic E-state index is 5.55. The third-order valence-electron chi connectivity index (χ3n) is 2.68. The van der Waals surface area contributed by atoms with Crippen molar-refractivity contribution in [1.29, 1.82) is 0 Å². The average molecular weight is 341 g/mol. The third kappa shape index (κ3) is 1.42. The van der Waals surface area contributed by atoms with Crippen molar-refractivity contribution >= 4 is 47.9 Å². The Kier molecular flexibility index (Phi) is 2.35. The van der Waals surface area contributed by atoms with E-state index in [9.17, 15) is 0 Å². The Bertz CT molecular complexity index is 791. The van der Waals surface area contributed by atoms with Gasteiger partial charge in [0.15, 0.2) is 0 Å². The normalized spacial score (nSPS) is 13.3. The van der Waals surface area contributed by atoms with Crippen LogP contribution in [0.5, 0.6) is 11.5 Å². The Hall–Kier alpha value is -1.14. The van der Waals surface area contributed by atoms with E-state index < -0.39 is 0 Å². The first-order valence-corrected chi connectivity index (χ1v) is 8.10. The van der Waals surface area contributed by atoms with Crippen LogP contribution in [-0.4, -0.2) is 30.1 Å². The molecular formula is C11H6N2O2S2Se. The summed E-state index contributed by atoms with van der Waals surface area (Å²) < 4.78 is 15.0. The van der Waals surface area contributed by atoms with E-state index in [-0.39, 0.29) is 14.7 Å². The van der Waals surface area contributed by atoms with Crippen molar-refractivity contribution in [2.24, 2.45) is 0 Å². The quantitative estimate of drug-likeness (QED) is 0.504. The van der Waals surface area contributed by atoms with Gasteiger partial charge in [0.1, 0.15) is 0 Å². The van der Waals surface area contributed by atoms with Crippen LogP contribution in [0.15, 0.2) is 23.7 Å². The van der Waals surface area contributed by atoms with Gasteiger partial charge in [0.05, 0.1) is 0 Å². The van der Waals surface area contributed by atoms with Gasteiger partial charge in [-0.1, -0.05) is 0 Å². The van der Waals surface area contributed by atoms with Crippen LogP contribution in [0.4, 0.5) is 0 Å². The Labute approximate surface area is 117 Å². The first-order valence-electron chi connectivity index (χ1n) is 5.19. The van der Waals surface area contributed by atoms with Crippen molar-refractivity contribution in [2.45, 2.75) is 0 Å². The molecule has 3 aromatic rings. The number of ether oxygens (including phenoxy) is 2. The third-order valence-corrected chi connectivity index (χ3v) is 6.73. The maximum atomic E-state index is 5.55. The Balaban J connectivity index is 2.08. The predicted octanol–water partition coefficient (Wildman–Crippen LogP) is 2.60. The fourth-order valence-corrected chi connectivity index (χ4v) is 5.65. The van der Waals surface area contributed by atoms with Crippen LogP contribution in [0.25, 0.3) is 14.8 Å². The second kappa shape index (κ2) is 3.93. The van der Waals surface area contributed by atoms with Gasteiger partial charge in [0.25, 0.3) is 0 Å². The molecule has 7 heteroatoms. The van der Waals surface area contributed by atoms with E-state index in [1.54, 1.807) is 17.5 Å². The fraction of sp³-hybridized carbons (Fsp3) is 0.0909. The van der Waals surface area contributed by atoms with Crippen molar-refractivity contribution in [3.05, 3.63) is 28.4 Å². The molecule has 4 rings (SSSR count). The molecule has 0 atom stereocenters. The van der Waals surface area contributed by atoms with Crippen molar-refractivity contribution in [1.82, 2.24) is 8.55 Å². The second-order valence-electron chi connectivity index (χ2n) is 3.68. The number of thiazole rings is 1. The molecule has 1 aliphatic heterocycles. The number of aromatic nitrogens is 2. The molecule has 1 aliphatic rings. The van der Waals surface area contributed by atoms with Gasteiger partial charge >= 0.3 is 118 Å². The Morgan fingerprint density at radius 1 is 1.39 bits per heavy atom. The standard InChI is InChI=1S/C11H6N2O2S2Se/c16-10-6-1-2-7-8(15-5-14-7)9(6)18-13(10)11-12-3-4-17-11/h1-4H,5H2. The van der Waals surface area contributed by atoms with Crippen molar-refractivity contribution in [3.8, 4) is 16.6 Å². The zero-order chi connectivity index (χ0) is 12.1. The van der Waals surface area contributed by atoms with E-state index in [1.165, 1.54) is 0 Å². The summed E-state index contributed by atoms with van der Waals surface area (Å²) in [5.41, 5.74) is 0. The van der Waals surface area contributed by atoms with Gasteiger partial charge in [-0.2, -0.15) is 0 Å². The van der Waals surface area contributed by atoms with Crippen LogP contribution in [0.3, 0.4) is 0 Å². The molecule has 0 amide bonds. The molecule has 2 aromatic heterocycles. The first-order chi connectivity index (χ1) is 8.84. The molecule has 90 valence electrons. The molecule has 18 heavy (non-hydrogen) atoms. The van der Waals surface area contributed by atoms with Gasteiger partial charge in [-0.3, -0.25) is 0 Å². The van der Waals surface area contributed by atoms with E-state index in [0.717, 1.165) is 30.9 Å². The van der Waals surface area contributed by atoms with Crippen molar-refractivity contribution < 1.29 is 9.47 Å². The summed E-state index contributed by atoms with van der Waals surface area (Å²) in [6.07, 6.45) is 1.80. The summed E-state index contributed by atoms with van der Waals surface area (Å²) in [5, 5.41) is 3.98. The zero-order valence-electron chi connectivity index (χ0n) is 8.95. The molecule has 0 saturated carbocycles. The Morgan fingerprint density at radius 2 is 2.33 bits per heavy atom. The number of benzene rings is 1. The molecule has 0 fully saturated rings. The minimum absolute atomic E-state index is 0.0727. The summed E-state index contributed by atoms with van der Waals surface area (Å²) in [6, 6.07) is 3.94. The SMILES string of the molecule is S=c1c2ccc3c(c2[se]n1-c1nccs1)OCO3. The fourth-order valence-electron chi connectivity index (χ4n) is 1.89. The van der Waals surface area contributed by atoms with Gasteiger partial charge in [-0.15, -0.1) is 0 Å². The van der Waals surface area contributed by atoms with Crippen molar-refractivity contribution in [3.63, 3.8) is 0 Å². The van der Waals surface area contributed by atoms with Crippen LogP contribution < -0.4 is 9.47 Å². The summed E-state index contributed by atoms with van der Waals surface area (Å²) in [7, 11) is 0. The predicted molar refractivity (Wildman–Crippen MR) is 72.8 cm³/mol.